The third kappa shape index (κ3) is 6.43. The van der Waals surface area contributed by atoms with Gasteiger partial charge < -0.3 is 14.7 Å². The van der Waals surface area contributed by atoms with Crippen molar-refractivity contribution in [2.75, 3.05) is 11.9 Å². The van der Waals surface area contributed by atoms with Gasteiger partial charge in [-0.1, -0.05) is 66.7 Å². The molecule has 0 aliphatic carbocycles. The number of carboxylic acid groups (broad SMARTS) is 1. The lowest BCUT2D eigenvalue weighted by molar-refractivity contribution is -0.136. The average Bonchev–Trinajstić information content (AvgIpc) is 3.34. The zero-order chi connectivity index (χ0) is 23.0. The monoisotopic (exact) mass is 458 g/mol. The van der Waals surface area contributed by atoms with Gasteiger partial charge in [-0.25, -0.2) is 4.98 Å². The Morgan fingerprint density at radius 1 is 0.970 bits per heavy atom. The molecule has 6 heteroatoms. The van der Waals surface area contributed by atoms with Gasteiger partial charge >= 0.3 is 5.97 Å². The van der Waals surface area contributed by atoms with Crippen LogP contribution in [0.15, 0.2) is 84.2 Å². The molecule has 0 fully saturated rings. The summed E-state index contributed by atoms with van der Waals surface area (Å²) in [6.07, 6.45) is 0.660. The minimum absolute atomic E-state index is 0.135. The summed E-state index contributed by atoms with van der Waals surface area (Å²) in [4.78, 5) is 17.7. The van der Waals surface area contributed by atoms with Crippen molar-refractivity contribution in [3.63, 3.8) is 0 Å². The van der Waals surface area contributed by atoms with Crippen LogP contribution >= 0.6 is 11.3 Å². The summed E-state index contributed by atoms with van der Waals surface area (Å²) in [7, 11) is 2.06. The zero-order valence-corrected chi connectivity index (χ0v) is 19.3. The molecule has 4 aromatic rings. The standard InChI is InChI=1S/C27H26N2O3S/c1-29(27-28-25(19-33-27)23-8-3-2-4-9-23)17-21-6-5-7-22(16-21)18-32-24-13-10-20(11-14-24)12-15-26(30)31/h2-11,13-14,16,19H,12,15,17-18H2,1H3,(H,30,31). The van der Waals surface area contributed by atoms with Gasteiger partial charge in [0, 0.05) is 31.0 Å². The number of aromatic nitrogens is 1. The third-order valence-corrected chi connectivity index (χ3v) is 6.21. The Labute approximate surface area is 197 Å². The van der Waals surface area contributed by atoms with Gasteiger partial charge in [-0.2, -0.15) is 0 Å². The van der Waals surface area contributed by atoms with Crippen LogP contribution in [0, 0.1) is 0 Å². The first kappa shape index (κ1) is 22.6. The molecule has 0 amide bonds. The Balaban J connectivity index is 1.33. The third-order valence-electron chi connectivity index (χ3n) is 5.26. The van der Waals surface area contributed by atoms with E-state index in [0.29, 0.717) is 13.0 Å². The molecule has 1 heterocycles. The molecule has 5 nitrogen and oxygen atoms in total. The molecule has 33 heavy (non-hydrogen) atoms. The van der Waals surface area contributed by atoms with E-state index in [1.165, 1.54) is 5.56 Å². The van der Waals surface area contributed by atoms with E-state index in [4.69, 9.17) is 14.8 Å². The van der Waals surface area contributed by atoms with E-state index in [0.717, 1.165) is 39.8 Å². The number of benzene rings is 3. The van der Waals surface area contributed by atoms with Crippen LogP contribution in [0.4, 0.5) is 5.13 Å². The first-order chi connectivity index (χ1) is 16.1. The molecule has 0 aliphatic rings. The molecule has 0 spiro atoms. The predicted octanol–water partition coefficient (Wildman–Crippen LogP) is 6.04. The number of hydrogen-bond donors (Lipinski definition) is 1. The van der Waals surface area contributed by atoms with E-state index in [1.807, 2.05) is 48.5 Å². The molecule has 4 rings (SSSR count). The van der Waals surface area contributed by atoms with Crippen LogP contribution in [0.5, 0.6) is 5.75 Å². The number of aryl methyl sites for hydroxylation is 1. The average molecular weight is 459 g/mol. The van der Waals surface area contributed by atoms with Crippen LogP contribution < -0.4 is 9.64 Å². The zero-order valence-electron chi connectivity index (χ0n) is 18.5. The van der Waals surface area contributed by atoms with Crippen LogP contribution in [-0.4, -0.2) is 23.1 Å². The highest BCUT2D eigenvalue weighted by molar-refractivity contribution is 7.14. The number of anilines is 1. The highest BCUT2D eigenvalue weighted by Crippen LogP contribution is 2.27. The number of rotatable bonds is 10. The van der Waals surface area contributed by atoms with E-state index in [9.17, 15) is 4.79 Å². The SMILES string of the molecule is CN(Cc1cccc(COc2ccc(CCC(=O)O)cc2)c1)c1nc(-c2ccccc2)cs1. The fourth-order valence-electron chi connectivity index (χ4n) is 3.51. The number of nitrogens with zero attached hydrogens (tertiary/aromatic N) is 2. The molecule has 0 saturated heterocycles. The first-order valence-electron chi connectivity index (χ1n) is 10.8. The molecular weight excluding hydrogens is 432 g/mol. The lowest BCUT2D eigenvalue weighted by Crippen LogP contribution is -2.16. The van der Waals surface area contributed by atoms with E-state index in [2.05, 4.69) is 47.7 Å². The van der Waals surface area contributed by atoms with E-state index in [-0.39, 0.29) is 6.42 Å². The van der Waals surface area contributed by atoms with E-state index in [1.54, 1.807) is 11.3 Å². The maximum absolute atomic E-state index is 10.7. The molecule has 0 saturated carbocycles. The van der Waals surface area contributed by atoms with Crippen molar-refractivity contribution in [3.8, 4) is 17.0 Å². The normalized spacial score (nSPS) is 10.7. The number of carboxylic acids is 1. The van der Waals surface area contributed by atoms with Crippen molar-refractivity contribution in [2.45, 2.75) is 26.0 Å². The van der Waals surface area contributed by atoms with Crippen molar-refractivity contribution >= 4 is 22.4 Å². The van der Waals surface area contributed by atoms with Gasteiger partial charge in [-0.3, -0.25) is 4.79 Å². The molecular formula is C27H26N2O3S. The Morgan fingerprint density at radius 2 is 1.73 bits per heavy atom. The maximum atomic E-state index is 10.7. The van der Waals surface area contributed by atoms with Crippen molar-refractivity contribution < 1.29 is 14.6 Å². The van der Waals surface area contributed by atoms with Crippen molar-refractivity contribution in [1.82, 2.24) is 4.98 Å². The minimum atomic E-state index is -0.785. The molecule has 3 aromatic carbocycles. The quantitative estimate of drug-likeness (QED) is 0.314. The highest BCUT2D eigenvalue weighted by Gasteiger charge is 2.10. The Kier molecular flexibility index (Phi) is 7.37. The van der Waals surface area contributed by atoms with Crippen LogP contribution in [-0.2, 0) is 24.4 Å². The Hall–Kier alpha value is -3.64. The topological polar surface area (TPSA) is 62.7 Å². The summed E-state index contributed by atoms with van der Waals surface area (Å²) < 4.78 is 5.93. The molecule has 0 unspecified atom stereocenters. The van der Waals surface area contributed by atoms with Gasteiger partial charge in [0.2, 0.25) is 0 Å². The molecule has 1 N–H and O–H groups in total. The number of thiazole rings is 1. The number of ether oxygens (including phenoxy) is 1. The maximum Gasteiger partial charge on any atom is 0.303 e. The summed E-state index contributed by atoms with van der Waals surface area (Å²) in [5, 5.41) is 11.9. The highest BCUT2D eigenvalue weighted by atomic mass is 32.1. The number of aliphatic carboxylic acids is 1. The second-order valence-corrected chi connectivity index (χ2v) is 8.72. The molecule has 0 bridgehead atoms. The van der Waals surface area contributed by atoms with Gasteiger partial charge in [0.1, 0.15) is 12.4 Å². The predicted molar refractivity (Wildman–Crippen MR) is 133 cm³/mol. The smallest absolute Gasteiger partial charge is 0.303 e. The van der Waals surface area contributed by atoms with Crippen LogP contribution in [0.3, 0.4) is 0 Å². The van der Waals surface area contributed by atoms with Gasteiger partial charge in [0.25, 0.3) is 0 Å². The van der Waals surface area contributed by atoms with E-state index < -0.39 is 5.97 Å². The van der Waals surface area contributed by atoms with Crippen LogP contribution in [0.1, 0.15) is 23.1 Å². The molecule has 1 aromatic heterocycles. The minimum Gasteiger partial charge on any atom is -0.489 e. The molecule has 0 atom stereocenters. The van der Waals surface area contributed by atoms with Crippen LogP contribution in [0.2, 0.25) is 0 Å². The second-order valence-electron chi connectivity index (χ2n) is 7.88. The van der Waals surface area contributed by atoms with Crippen molar-refractivity contribution in [2.24, 2.45) is 0 Å². The van der Waals surface area contributed by atoms with Crippen molar-refractivity contribution in [1.29, 1.82) is 0 Å². The molecule has 0 aliphatic heterocycles. The van der Waals surface area contributed by atoms with E-state index >= 15 is 0 Å². The van der Waals surface area contributed by atoms with Gasteiger partial charge in [-0.05, 0) is 35.2 Å². The lowest BCUT2D eigenvalue weighted by atomic mass is 10.1. The Morgan fingerprint density at radius 3 is 2.48 bits per heavy atom. The largest absolute Gasteiger partial charge is 0.489 e. The molecule has 0 radical (unpaired) electrons. The van der Waals surface area contributed by atoms with Crippen molar-refractivity contribution in [3.05, 3.63) is 101 Å². The second kappa shape index (κ2) is 10.8. The first-order valence-corrected chi connectivity index (χ1v) is 11.7. The summed E-state index contributed by atoms with van der Waals surface area (Å²) >= 11 is 1.65. The lowest BCUT2D eigenvalue weighted by Gasteiger charge is -2.16. The fraction of sp³-hybridized carbons (Fsp3) is 0.185. The Bertz CT molecular complexity index is 1190. The number of carbonyl (C=O) groups is 1. The number of hydrogen-bond acceptors (Lipinski definition) is 5. The summed E-state index contributed by atoms with van der Waals surface area (Å²) in [5.74, 6) is -0.0137. The summed E-state index contributed by atoms with van der Waals surface area (Å²) in [6, 6.07) is 26.2. The van der Waals surface area contributed by atoms with Gasteiger partial charge in [0.05, 0.1) is 5.69 Å². The van der Waals surface area contributed by atoms with Gasteiger partial charge in [0.15, 0.2) is 5.13 Å². The molecule has 168 valence electrons. The van der Waals surface area contributed by atoms with Gasteiger partial charge in [-0.15, -0.1) is 11.3 Å². The summed E-state index contributed by atoms with van der Waals surface area (Å²) in [6.45, 7) is 1.23. The van der Waals surface area contributed by atoms with Crippen LogP contribution in [0.25, 0.3) is 11.3 Å². The fourth-order valence-corrected chi connectivity index (χ4v) is 4.31. The summed E-state index contributed by atoms with van der Waals surface area (Å²) in [5.41, 5.74) is 5.41.